The van der Waals surface area contributed by atoms with Gasteiger partial charge in [0.1, 0.15) is 0 Å². The summed E-state index contributed by atoms with van der Waals surface area (Å²) in [5.74, 6) is 0.797. The highest BCUT2D eigenvalue weighted by atomic mass is 16.5. The van der Waals surface area contributed by atoms with Crippen molar-refractivity contribution in [3.8, 4) is 0 Å². The van der Waals surface area contributed by atoms with Crippen LogP contribution >= 0.6 is 0 Å². The van der Waals surface area contributed by atoms with Gasteiger partial charge in [-0.2, -0.15) is 0 Å². The monoisotopic (exact) mass is 214 g/mol. The van der Waals surface area contributed by atoms with E-state index in [9.17, 15) is 0 Å². The highest BCUT2D eigenvalue weighted by molar-refractivity contribution is 4.85. The van der Waals surface area contributed by atoms with Crippen LogP contribution in [0.1, 0.15) is 27.2 Å². The first-order chi connectivity index (χ1) is 7.20. The van der Waals surface area contributed by atoms with Gasteiger partial charge in [-0.3, -0.25) is 4.90 Å². The summed E-state index contributed by atoms with van der Waals surface area (Å²) < 4.78 is 5.25. The Hall–Kier alpha value is -0.120. The molecule has 1 aliphatic rings. The molecule has 0 spiro atoms. The van der Waals surface area contributed by atoms with Crippen LogP contribution in [0.2, 0.25) is 0 Å². The Morgan fingerprint density at radius 2 is 2.27 bits per heavy atom. The lowest BCUT2D eigenvalue weighted by molar-refractivity contribution is 0.0443. The maximum atomic E-state index is 5.25. The van der Waals surface area contributed by atoms with Gasteiger partial charge in [-0.05, 0) is 32.4 Å². The van der Waals surface area contributed by atoms with Crippen molar-refractivity contribution in [2.75, 3.05) is 33.4 Å². The molecule has 0 aromatic rings. The van der Waals surface area contributed by atoms with Gasteiger partial charge < -0.3 is 10.1 Å². The predicted molar refractivity (Wildman–Crippen MR) is 64.2 cm³/mol. The Bertz CT molecular complexity index is 175. The number of hydrogen-bond donors (Lipinski definition) is 1. The van der Waals surface area contributed by atoms with Gasteiger partial charge in [0, 0.05) is 25.7 Å². The van der Waals surface area contributed by atoms with Crippen LogP contribution in [0.25, 0.3) is 0 Å². The maximum absolute atomic E-state index is 5.25. The van der Waals surface area contributed by atoms with E-state index in [1.807, 2.05) is 0 Å². The van der Waals surface area contributed by atoms with Crippen LogP contribution in [0.4, 0.5) is 0 Å². The van der Waals surface area contributed by atoms with Crippen molar-refractivity contribution in [3.63, 3.8) is 0 Å². The van der Waals surface area contributed by atoms with Crippen molar-refractivity contribution in [1.29, 1.82) is 0 Å². The third kappa shape index (κ3) is 3.44. The summed E-state index contributed by atoms with van der Waals surface area (Å²) in [5, 5.41) is 3.49. The fourth-order valence-electron chi connectivity index (χ4n) is 2.63. The molecule has 3 atom stereocenters. The maximum Gasteiger partial charge on any atom is 0.0615 e. The van der Waals surface area contributed by atoms with Gasteiger partial charge in [0.2, 0.25) is 0 Å². The van der Waals surface area contributed by atoms with Crippen molar-refractivity contribution >= 4 is 0 Å². The first-order valence-electron chi connectivity index (χ1n) is 6.16. The molecule has 0 radical (unpaired) electrons. The largest absolute Gasteiger partial charge is 0.383 e. The van der Waals surface area contributed by atoms with E-state index in [-0.39, 0.29) is 0 Å². The zero-order chi connectivity index (χ0) is 11.3. The number of nitrogens with one attached hydrogen (secondary N) is 1. The summed E-state index contributed by atoms with van der Waals surface area (Å²) in [7, 11) is 1.78. The molecule has 3 heteroatoms. The molecule has 1 rings (SSSR count). The lowest BCUT2D eigenvalue weighted by Gasteiger charge is -2.41. The zero-order valence-corrected chi connectivity index (χ0v) is 10.6. The molecule has 1 fully saturated rings. The Morgan fingerprint density at radius 3 is 2.80 bits per heavy atom. The van der Waals surface area contributed by atoms with E-state index in [0.29, 0.717) is 12.1 Å². The first-order valence-corrected chi connectivity index (χ1v) is 6.16. The van der Waals surface area contributed by atoms with Crippen molar-refractivity contribution in [1.82, 2.24) is 10.2 Å². The molecule has 90 valence electrons. The average molecular weight is 214 g/mol. The Balaban J connectivity index is 2.54. The van der Waals surface area contributed by atoms with Gasteiger partial charge in [-0.25, -0.2) is 0 Å². The van der Waals surface area contributed by atoms with Crippen LogP contribution in [0.15, 0.2) is 0 Å². The minimum atomic E-state index is 0.521. The van der Waals surface area contributed by atoms with E-state index >= 15 is 0 Å². The molecule has 0 amide bonds. The van der Waals surface area contributed by atoms with E-state index in [0.717, 1.165) is 25.6 Å². The molecular weight excluding hydrogens is 188 g/mol. The summed E-state index contributed by atoms with van der Waals surface area (Å²) in [5.41, 5.74) is 0. The second-order valence-corrected chi connectivity index (χ2v) is 4.67. The van der Waals surface area contributed by atoms with Crippen LogP contribution in [0.5, 0.6) is 0 Å². The summed E-state index contributed by atoms with van der Waals surface area (Å²) in [6, 6.07) is 1.20. The third-order valence-electron chi connectivity index (χ3n) is 3.55. The number of methoxy groups -OCH3 is 1. The van der Waals surface area contributed by atoms with E-state index in [1.165, 1.54) is 13.0 Å². The van der Waals surface area contributed by atoms with Crippen LogP contribution in [0.3, 0.4) is 0 Å². The van der Waals surface area contributed by atoms with Crippen molar-refractivity contribution < 1.29 is 4.74 Å². The Morgan fingerprint density at radius 1 is 1.53 bits per heavy atom. The molecule has 0 aromatic carbocycles. The number of ether oxygens (including phenoxy) is 1. The SMILES string of the molecule is CCN(C(C)COC)C1CNCCC1C. The Kier molecular flexibility index (Phi) is 5.58. The minimum absolute atomic E-state index is 0.521. The topological polar surface area (TPSA) is 24.5 Å². The van der Waals surface area contributed by atoms with E-state index < -0.39 is 0 Å². The predicted octanol–water partition coefficient (Wildman–Crippen LogP) is 1.34. The lowest BCUT2D eigenvalue weighted by atomic mass is 9.92. The fraction of sp³-hybridized carbons (Fsp3) is 1.00. The van der Waals surface area contributed by atoms with Crippen molar-refractivity contribution in [2.45, 2.75) is 39.3 Å². The molecular formula is C12H26N2O. The van der Waals surface area contributed by atoms with Gasteiger partial charge in [0.05, 0.1) is 6.61 Å². The second kappa shape index (κ2) is 6.46. The van der Waals surface area contributed by atoms with Crippen LogP contribution in [0, 0.1) is 5.92 Å². The fourth-order valence-corrected chi connectivity index (χ4v) is 2.63. The van der Waals surface area contributed by atoms with Crippen LogP contribution in [-0.4, -0.2) is 50.3 Å². The quantitative estimate of drug-likeness (QED) is 0.747. The standard InChI is InChI=1S/C12H26N2O/c1-5-14(11(3)9-15-4)12-8-13-7-6-10(12)2/h10-13H,5-9H2,1-4H3. The highest BCUT2D eigenvalue weighted by Crippen LogP contribution is 2.19. The molecule has 0 saturated carbocycles. The van der Waals surface area contributed by atoms with Crippen LogP contribution < -0.4 is 5.32 Å². The molecule has 3 unspecified atom stereocenters. The normalized spacial score (nSPS) is 29.4. The molecule has 3 nitrogen and oxygen atoms in total. The van der Waals surface area contributed by atoms with Gasteiger partial charge in [-0.1, -0.05) is 13.8 Å². The van der Waals surface area contributed by atoms with Gasteiger partial charge >= 0.3 is 0 Å². The highest BCUT2D eigenvalue weighted by Gasteiger charge is 2.28. The second-order valence-electron chi connectivity index (χ2n) is 4.67. The van der Waals surface area contributed by atoms with E-state index in [2.05, 4.69) is 31.0 Å². The molecule has 15 heavy (non-hydrogen) atoms. The number of rotatable bonds is 5. The number of likely N-dealkylation sites (N-methyl/N-ethyl adjacent to an activating group) is 1. The molecule has 0 aromatic heterocycles. The van der Waals surface area contributed by atoms with Crippen molar-refractivity contribution in [2.24, 2.45) is 5.92 Å². The number of piperidine rings is 1. The molecule has 1 aliphatic heterocycles. The molecule has 1 heterocycles. The van der Waals surface area contributed by atoms with Gasteiger partial charge in [-0.15, -0.1) is 0 Å². The minimum Gasteiger partial charge on any atom is -0.383 e. The van der Waals surface area contributed by atoms with Gasteiger partial charge in [0.25, 0.3) is 0 Å². The summed E-state index contributed by atoms with van der Waals surface area (Å²) >= 11 is 0. The summed E-state index contributed by atoms with van der Waals surface area (Å²) in [4.78, 5) is 2.57. The van der Waals surface area contributed by atoms with Crippen molar-refractivity contribution in [3.05, 3.63) is 0 Å². The van der Waals surface area contributed by atoms with Crippen LogP contribution in [-0.2, 0) is 4.74 Å². The summed E-state index contributed by atoms with van der Waals surface area (Å²) in [6.07, 6.45) is 1.29. The third-order valence-corrected chi connectivity index (χ3v) is 3.55. The van der Waals surface area contributed by atoms with Gasteiger partial charge in [0.15, 0.2) is 0 Å². The molecule has 1 saturated heterocycles. The zero-order valence-electron chi connectivity index (χ0n) is 10.6. The lowest BCUT2D eigenvalue weighted by Crippen LogP contribution is -2.54. The molecule has 0 bridgehead atoms. The smallest absolute Gasteiger partial charge is 0.0615 e. The number of nitrogens with zero attached hydrogens (tertiary/aromatic N) is 1. The number of hydrogen-bond acceptors (Lipinski definition) is 3. The van der Waals surface area contributed by atoms with E-state index in [4.69, 9.17) is 4.74 Å². The first kappa shape index (κ1) is 12.9. The average Bonchev–Trinajstić information content (AvgIpc) is 2.22. The Labute approximate surface area is 94.2 Å². The molecule has 1 N–H and O–H groups in total. The summed E-state index contributed by atoms with van der Waals surface area (Å²) in [6.45, 7) is 11.1. The van der Waals surface area contributed by atoms with E-state index in [1.54, 1.807) is 7.11 Å². The molecule has 0 aliphatic carbocycles.